The van der Waals surface area contributed by atoms with E-state index < -0.39 is 0 Å². The number of hydrogen-bond acceptors (Lipinski definition) is 2. The van der Waals surface area contributed by atoms with Crippen molar-refractivity contribution in [1.82, 2.24) is 4.98 Å². The highest BCUT2D eigenvalue weighted by molar-refractivity contribution is 5.22. The van der Waals surface area contributed by atoms with Gasteiger partial charge in [-0.25, -0.2) is 0 Å². The third-order valence-electron chi connectivity index (χ3n) is 4.38. The summed E-state index contributed by atoms with van der Waals surface area (Å²) in [6, 6.07) is 4.44. The second-order valence-corrected chi connectivity index (χ2v) is 6.41. The lowest BCUT2D eigenvalue weighted by molar-refractivity contribution is 0.378. The van der Waals surface area contributed by atoms with Crippen LogP contribution in [0.15, 0.2) is 12.1 Å². The van der Waals surface area contributed by atoms with Gasteiger partial charge in [0.25, 0.3) is 0 Å². The highest BCUT2D eigenvalue weighted by Gasteiger charge is 2.07. The molecule has 0 aliphatic carbocycles. The fraction of sp³-hybridized carbons (Fsp3) is 0.722. The largest absolute Gasteiger partial charge is 0.330 e. The number of aryl methyl sites for hydroxylation is 3. The number of nitrogens with zero attached hydrogens (tertiary/aromatic N) is 1. The van der Waals surface area contributed by atoms with Crippen molar-refractivity contribution in [2.45, 2.75) is 66.2 Å². The number of rotatable bonds is 9. The fourth-order valence-electron chi connectivity index (χ4n) is 2.44. The third-order valence-corrected chi connectivity index (χ3v) is 4.38. The molecule has 0 bridgehead atoms. The Balaban J connectivity index is 2.36. The summed E-state index contributed by atoms with van der Waals surface area (Å²) in [5.74, 6) is 1.64. The first kappa shape index (κ1) is 17.2. The van der Waals surface area contributed by atoms with Gasteiger partial charge in [0.05, 0.1) is 0 Å². The van der Waals surface area contributed by atoms with Crippen LogP contribution < -0.4 is 5.73 Å². The maximum atomic E-state index is 5.56. The summed E-state index contributed by atoms with van der Waals surface area (Å²) in [6.45, 7) is 9.87. The number of hydrogen-bond donors (Lipinski definition) is 1. The number of unbranched alkanes of at least 4 members (excludes halogenated alkanes) is 1. The van der Waals surface area contributed by atoms with E-state index in [1.54, 1.807) is 0 Å². The monoisotopic (exact) mass is 276 g/mol. The lowest BCUT2D eigenvalue weighted by Crippen LogP contribution is -2.04. The van der Waals surface area contributed by atoms with E-state index in [-0.39, 0.29) is 0 Å². The summed E-state index contributed by atoms with van der Waals surface area (Å²) >= 11 is 0. The van der Waals surface area contributed by atoms with Gasteiger partial charge >= 0.3 is 0 Å². The summed E-state index contributed by atoms with van der Waals surface area (Å²) in [7, 11) is 0. The lowest BCUT2D eigenvalue weighted by atomic mass is 9.92. The first-order valence-electron chi connectivity index (χ1n) is 8.20. The molecule has 1 heterocycles. The Morgan fingerprint density at radius 2 is 1.80 bits per heavy atom. The van der Waals surface area contributed by atoms with E-state index in [1.165, 1.54) is 36.2 Å². The molecule has 0 saturated heterocycles. The molecule has 20 heavy (non-hydrogen) atoms. The van der Waals surface area contributed by atoms with E-state index in [0.717, 1.165) is 37.6 Å². The summed E-state index contributed by atoms with van der Waals surface area (Å²) in [4.78, 5) is 4.74. The molecule has 2 nitrogen and oxygen atoms in total. The van der Waals surface area contributed by atoms with Crippen LogP contribution in [0.2, 0.25) is 0 Å². The van der Waals surface area contributed by atoms with Crippen molar-refractivity contribution in [1.29, 1.82) is 0 Å². The first-order valence-corrected chi connectivity index (χ1v) is 8.20. The van der Waals surface area contributed by atoms with Crippen molar-refractivity contribution >= 4 is 0 Å². The minimum Gasteiger partial charge on any atom is -0.330 e. The normalized spacial score (nSPS) is 12.9. The number of aromatic nitrogens is 1. The molecule has 0 aliphatic heterocycles. The van der Waals surface area contributed by atoms with Gasteiger partial charge in [0.15, 0.2) is 0 Å². The van der Waals surface area contributed by atoms with Crippen molar-refractivity contribution in [3.05, 3.63) is 29.1 Å². The zero-order valence-corrected chi connectivity index (χ0v) is 13.8. The molecule has 1 rings (SSSR count). The molecule has 0 saturated carbocycles. The maximum absolute atomic E-state index is 5.56. The highest BCUT2D eigenvalue weighted by atomic mass is 14.7. The van der Waals surface area contributed by atoms with Crippen LogP contribution in [-0.2, 0) is 12.8 Å². The van der Waals surface area contributed by atoms with E-state index in [9.17, 15) is 0 Å². The molecule has 0 aromatic carbocycles. The van der Waals surface area contributed by atoms with Crippen LogP contribution in [0.4, 0.5) is 0 Å². The maximum Gasteiger partial charge on any atom is 0.0407 e. The molecule has 1 aromatic rings. The molecule has 2 heteroatoms. The van der Waals surface area contributed by atoms with Gasteiger partial charge in [-0.05, 0) is 62.6 Å². The second kappa shape index (κ2) is 9.12. The summed E-state index contributed by atoms with van der Waals surface area (Å²) in [6.07, 6.45) is 7.13. The predicted molar refractivity (Wildman–Crippen MR) is 87.9 cm³/mol. The summed E-state index contributed by atoms with van der Waals surface area (Å²) < 4.78 is 0. The molecule has 1 unspecified atom stereocenters. The van der Waals surface area contributed by atoms with Crippen molar-refractivity contribution in [3.63, 3.8) is 0 Å². The number of nitrogens with two attached hydrogens (primary N) is 1. The first-order chi connectivity index (χ1) is 9.54. The van der Waals surface area contributed by atoms with Gasteiger partial charge < -0.3 is 5.73 Å². The van der Waals surface area contributed by atoms with Crippen LogP contribution >= 0.6 is 0 Å². The van der Waals surface area contributed by atoms with Crippen molar-refractivity contribution in [2.24, 2.45) is 17.6 Å². The Morgan fingerprint density at radius 3 is 2.40 bits per heavy atom. The fourth-order valence-corrected chi connectivity index (χ4v) is 2.44. The van der Waals surface area contributed by atoms with Gasteiger partial charge in [0.2, 0.25) is 0 Å². The van der Waals surface area contributed by atoms with Gasteiger partial charge in [-0.1, -0.05) is 39.7 Å². The van der Waals surface area contributed by atoms with E-state index >= 15 is 0 Å². The Labute approximate surface area is 125 Å². The Bertz CT molecular complexity index is 385. The van der Waals surface area contributed by atoms with Gasteiger partial charge in [-0.2, -0.15) is 0 Å². The van der Waals surface area contributed by atoms with Gasteiger partial charge in [-0.15, -0.1) is 0 Å². The standard InChI is InChI=1S/C18H32N2/c1-14(2)15(3)8-5-6-10-18-12-11-17(9-7-13-19)16(4)20-18/h11-12,14-15H,5-10,13,19H2,1-4H3. The molecule has 0 aliphatic rings. The third kappa shape index (κ3) is 6.04. The van der Waals surface area contributed by atoms with Crippen LogP contribution in [0.5, 0.6) is 0 Å². The molecule has 1 atom stereocenters. The lowest BCUT2D eigenvalue weighted by Gasteiger charge is -2.14. The van der Waals surface area contributed by atoms with Gasteiger partial charge in [0.1, 0.15) is 0 Å². The highest BCUT2D eigenvalue weighted by Crippen LogP contribution is 2.18. The van der Waals surface area contributed by atoms with Crippen molar-refractivity contribution < 1.29 is 0 Å². The molecule has 0 amide bonds. The molecule has 0 radical (unpaired) electrons. The summed E-state index contributed by atoms with van der Waals surface area (Å²) in [5.41, 5.74) is 9.35. The minimum absolute atomic E-state index is 0.759. The molecule has 0 spiro atoms. The Kier molecular flexibility index (Phi) is 7.83. The predicted octanol–water partition coefficient (Wildman–Crippen LogP) is 4.29. The number of pyridine rings is 1. The smallest absolute Gasteiger partial charge is 0.0407 e. The van der Waals surface area contributed by atoms with Crippen LogP contribution in [0.3, 0.4) is 0 Å². The van der Waals surface area contributed by atoms with E-state index in [0.29, 0.717) is 0 Å². The molecule has 114 valence electrons. The van der Waals surface area contributed by atoms with Crippen LogP contribution in [0.1, 0.15) is 63.4 Å². The van der Waals surface area contributed by atoms with E-state index in [2.05, 4.69) is 39.8 Å². The molecule has 0 fully saturated rings. The van der Waals surface area contributed by atoms with Gasteiger partial charge in [0, 0.05) is 11.4 Å². The molecule has 2 N–H and O–H groups in total. The quantitative estimate of drug-likeness (QED) is 0.683. The zero-order chi connectivity index (χ0) is 15.0. The SMILES string of the molecule is Cc1nc(CCCCC(C)C(C)C)ccc1CCCN. The zero-order valence-electron chi connectivity index (χ0n) is 13.8. The summed E-state index contributed by atoms with van der Waals surface area (Å²) in [5, 5.41) is 0. The van der Waals surface area contributed by atoms with E-state index in [1.807, 2.05) is 0 Å². The second-order valence-electron chi connectivity index (χ2n) is 6.41. The molecular weight excluding hydrogens is 244 g/mol. The van der Waals surface area contributed by atoms with Crippen molar-refractivity contribution in [2.75, 3.05) is 6.54 Å². The average molecular weight is 276 g/mol. The van der Waals surface area contributed by atoms with Crippen molar-refractivity contribution in [3.8, 4) is 0 Å². The van der Waals surface area contributed by atoms with Gasteiger partial charge in [-0.3, -0.25) is 4.98 Å². The average Bonchev–Trinajstić information content (AvgIpc) is 2.42. The Hall–Kier alpha value is -0.890. The van der Waals surface area contributed by atoms with Crippen LogP contribution in [0, 0.1) is 18.8 Å². The Morgan fingerprint density at radius 1 is 1.05 bits per heavy atom. The van der Waals surface area contributed by atoms with Crippen LogP contribution in [0.25, 0.3) is 0 Å². The van der Waals surface area contributed by atoms with Crippen LogP contribution in [-0.4, -0.2) is 11.5 Å². The molecular formula is C18H32N2. The topological polar surface area (TPSA) is 38.9 Å². The molecule has 1 aromatic heterocycles. The van der Waals surface area contributed by atoms with E-state index in [4.69, 9.17) is 10.7 Å². The minimum atomic E-state index is 0.759.